The van der Waals surface area contributed by atoms with Gasteiger partial charge in [-0.05, 0) is 41.7 Å². The SMILES string of the molecule is CCc1ccc(OC(CC)C(=O)NC(c2ccccc2)c2ccccc2)cc1. The molecule has 144 valence electrons. The van der Waals surface area contributed by atoms with Gasteiger partial charge in [0.2, 0.25) is 0 Å². The summed E-state index contributed by atoms with van der Waals surface area (Å²) in [6.07, 6.45) is 1.04. The van der Waals surface area contributed by atoms with Crippen LogP contribution in [0, 0.1) is 0 Å². The highest BCUT2D eigenvalue weighted by molar-refractivity contribution is 5.82. The van der Waals surface area contributed by atoms with Gasteiger partial charge in [0.05, 0.1) is 6.04 Å². The van der Waals surface area contributed by atoms with E-state index in [2.05, 4.69) is 12.2 Å². The van der Waals surface area contributed by atoms with Crippen molar-refractivity contribution >= 4 is 5.91 Å². The Morgan fingerprint density at radius 1 is 0.821 bits per heavy atom. The van der Waals surface area contributed by atoms with Gasteiger partial charge in [-0.2, -0.15) is 0 Å². The number of hydrogen-bond donors (Lipinski definition) is 1. The summed E-state index contributed by atoms with van der Waals surface area (Å²) < 4.78 is 5.99. The normalized spacial score (nSPS) is 11.8. The van der Waals surface area contributed by atoms with Crippen LogP contribution in [0.5, 0.6) is 5.75 Å². The van der Waals surface area contributed by atoms with Gasteiger partial charge >= 0.3 is 0 Å². The maximum absolute atomic E-state index is 13.0. The van der Waals surface area contributed by atoms with Crippen molar-refractivity contribution in [3.63, 3.8) is 0 Å². The van der Waals surface area contributed by atoms with Gasteiger partial charge in [0, 0.05) is 0 Å². The second-order valence-electron chi connectivity index (χ2n) is 6.78. The van der Waals surface area contributed by atoms with Crippen molar-refractivity contribution in [1.29, 1.82) is 0 Å². The lowest BCUT2D eigenvalue weighted by atomic mass is 9.98. The number of carbonyl (C=O) groups excluding carboxylic acids is 1. The fourth-order valence-electron chi connectivity index (χ4n) is 3.18. The first-order valence-electron chi connectivity index (χ1n) is 9.87. The van der Waals surface area contributed by atoms with Crippen molar-refractivity contribution in [2.24, 2.45) is 0 Å². The highest BCUT2D eigenvalue weighted by atomic mass is 16.5. The Balaban J connectivity index is 1.77. The molecule has 1 amide bonds. The topological polar surface area (TPSA) is 38.3 Å². The minimum absolute atomic E-state index is 0.111. The third kappa shape index (κ3) is 5.01. The van der Waals surface area contributed by atoms with Gasteiger partial charge in [-0.15, -0.1) is 0 Å². The first-order valence-corrected chi connectivity index (χ1v) is 9.87. The van der Waals surface area contributed by atoms with Crippen molar-refractivity contribution in [1.82, 2.24) is 5.32 Å². The molecule has 0 radical (unpaired) electrons. The number of nitrogens with one attached hydrogen (secondary N) is 1. The standard InChI is InChI=1S/C25H27NO2/c1-3-19-15-17-22(18-16-19)28-23(4-2)25(27)26-24(20-11-7-5-8-12-20)21-13-9-6-10-14-21/h5-18,23-24H,3-4H2,1-2H3,(H,26,27). The summed E-state index contributed by atoms with van der Waals surface area (Å²) in [4.78, 5) is 13.0. The van der Waals surface area contributed by atoms with E-state index in [0.717, 1.165) is 23.3 Å². The first-order chi connectivity index (χ1) is 13.7. The van der Waals surface area contributed by atoms with Gasteiger partial charge in [0.1, 0.15) is 5.75 Å². The molecule has 0 heterocycles. The Bertz CT molecular complexity index is 821. The van der Waals surface area contributed by atoms with Crippen LogP contribution >= 0.6 is 0 Å². The Kier molecular flexibility index (Phi) is 6.85. The van der Waals surface area contributed by atoms with Gasteiger partial charge in [0.25, 0.3) is 5.91 Å². The van der Waals surface area contributed by atoms with E-state index in [1.165, 1.54) is 5.56 Å². The van der Waals surface area contributed by atoms with Crippen LogP contribution in [0.15, 0.2) is 84.9 Å². The number of ether oxygens (including phenoxy) is 1. The molecule has 3 aromatic carbocycles. The summed E-state index contributed by atoms with van der Waals surface area (Å²) in [6, 6.07) is 27.8. The molecule has 1 atom stereocenters. The highest BCUT2D eigenvalue weighted by Gasteiger charge is 2.23. The number of carbonyl (C=O) groups is 1. The highest BCUT2D eigenvalue weighted by Crippen LogP contribution is 2.23. The van der Waals surface area contributed by atoms with Crippen LogP contribution in [0.1, 0.15) is 43.0 Å². The zero-order chi connectivity index (χ0) is 19.8. The Hall–Kier alpha value is -3.07. The Morgan fingerprint density at radius 2 is 1.36 bits per heavy atom. The summed E-state index contributed by atoms with van der Waals surface area (Å²) in [5.74, 6) is 0.606. The number of benzene rings is 3. The fourth-order valence-corrected chi connectivity index (χ4v) is 3.18. The van der Waals surface area contributed by atoms with Crippen LogP contribution in [0.2, 0.25) is 0 Å². The van der Waals surface area contributed by atoms with Gasteiger partial charge in [-0.25, -0.2) is 0 Å². The van der Waals surface area contributed by atoms with Gasteiger partial charge < -0.3 is 10.1 Å². The second-order valence-corrected chi connectivity index (χ2v) is 6.78. The van der Waals surface area contributed by atoms with Crippen molar-refractivity contribution in [2.75, 3.05) is 0 Å². The van der Waals surface area contributed by atoms with Crippen LogP contribution in [0.25, 0.3) is 0 Å². The van der Waals surface area contributed by atoms with Crippen LogP contribution in [0.4, 0.5) is 0 Å². The predicted molar refractivity (Wildman–Crippen MR) is 113 cm³/mol. The Labute approximate surface area is 167 Å². The number of hydrogen-bond acceptors (Lipinski definition) is 2. The molecule has 3 aromatic rings. The van der Waals surface area contributed by atoms with Crippen LogP contribution in [0.3, 0.4) is 0 Å². The molecule has 0 saturated carbocycles. The van der Waals surface area contributed by atoms with E-state index in [0.29, 0.717) is 6.42 Å². The average molecular weight is 373 g/mol. The smallest absolute Gasteiger partial charge is 0.261 e. The summed E-state index contributed by atoms with van der Waals surface area (Å²) in [7, 11) is 0. The third-order valence-electron chi connectivity index (χ3n) is 4.83. The zero-order valence-electron chi connectivity index (χ0n) is 16.5. The predicted octanol–water partition coefficient (Wildman–Crippen LogP) is 5.31. The molecule has 28 heavy (non-hydrogen) atoms. The summed E-state index contributed by atoms with van der Waals surface area (Å²) >= 11 is 0. The van der Waals surface area contributed by atoms with E-state index in [1.807, 2.05) is 91.9 Å². The molecule has 3 rings (SSSR count). The molecule has 0 aliphatic carbocycles. The summed E-state index contributed by atoms with van der Waals surface area (Å²) in [5, 5.41) is 3.18. The number of rotatable bonds is 8. The average Bonchev–Trinajstić information content (AvgIpc) is 2.77. The van der Waals surface area contributed by atoms with Crippen molar-refractivity contribution in [3.05, 3.63) is 102 Å². The van der Waals surface area contributed by atoms with Gasteiger partial charge in [0.15, 0.2) is 6.10 Å². The van der Waals surface area contributed by atoms with E-state index in [4.69, 9.17) is 4.74 Å². The summed E-state index contributed by atoms with van der Waals surface area (Å²) in [5.41, 5.74) is 3.34. The lowest BCUT2D eigenvalue weighted by Gasteiger charge is -2.24. The van der Waals surface area contributed by atoms with E-state index in [-0.39, 0.29) is 11.9 Å². The molecule has 1 unspecified atom stereocenters. The molecule has 3 nitrogen and oxygen atoms in total. The van der Waals surface area contributed by atoms with E-state index >= 15 is 0 Å². The van der Waals surface area contributed by atoms with Crippen LogP contribution in [-0.4, -0.2) is 12.0 Å². The third-order valence-corrected chi connectivity index (χ3v) is 4.83. The van der Waals surface area contributed by atoms with Crippen LogP contribution < -0.4 is 10.1 Å². The Morgan fingerprint density at radius 3 is 1.82 bits per heavy atom. The van der Waals surface area contributed by atoms with E-state index in [1.54, 1.807) is 0 Å². The second kappa shape index (κ2) is 9.75. The maximum Gasteiger partial charge on any atom is 0.261 e. The lowest BCUT2D eigenvalue weighted by Crippen LogP contribution is -2.40. The van der Waals surface area contributed by atoms with E-state index < -0.39 is 6.10 Å². The molecule has 3 heteroatoms. The number of aryl methyl sites for hydroxylation is 1. The minimum atomic E-state index is -0.539. The quantitative estimate of drug-likeness (QED) is 0.581. The monoisotopic (exact) mass is 373 g/mol. The minimum Gasteiger partial charge on any atom is -0.481 e. The molecule has 0 aliphatic heterocycles. The largest absolute Gasteiger partial charge is 0.481 e. The van der Waals surface area contributed by atoms with Gasteiger partial charge in [-0.1, -0.05) is 86.6 Å². The maximum atomic E-state index is 13.0. The van der Waals surface area contributed by atoms with Crippen molar-refractivity contribution in [3.8, 4) is 5.75 Å². The molecule has 0 fully saturated rings. The van der Waals surface area contributed by atoms with Gasteiger partial charge in [-0.3, -0.25) is 4.79 Å². The van der Waals surface area contributed by atoms with E-state index in [9.17, 15) is 4.79 Å². The van der Waals surface area contributed by atoms with Crippen LogP contribution in [-0.2, 0) is 11.2 Å². The molecular weight excluding hydrogens is 346 g/mol. The molecule has 0 aliphatic rings. The first kappa shape index (κ1) is 19.7. The summed E-state index contributed by atoms with van der Waals surface area (Å²) in [6.45, 7) is 4.08. The molecule has 0 aromatic heterocycles. The molecular formula is C25H27NO2. The zero-order valence-corrected chi connectivity index (χ0v) is 16.5. The molecule has 0 saturated heterocycles. The lowest BCUT2D eigenvalue weighted by molar-refractivity contribution is -0.128. The fraction of sp³-hybridized carbons (Fsp3) is 0.240. The van der Waals surface area contributed by atoms with Crippen molar-refractivity contribution in [2.45, 2.75) is 38.8 Å². The number of amides is 1. The molecule has 0 spiro atoms. The molecule has 1 N–H and O–H groups in total. The van der Waals surface area contributed by atoms with Crippen molar-refractivity contribution < 1.29 is 9.53 Å². The molecule has 0 bridgehead atoms.